The third kappa shape index (κ3) is 3.18. The number of carbonyl (C=O) groups is 1. The first-order valence-corrected chi connectivity index (χ1v) is 6.02. The highest BCUT2D eigenvalue weighted by molar-refractivity contribution is 5.77. The Kier molecular flexibility index (Phi) is 4.12. The molecule has 1 aromatic carbocycles. The number of likely N-dealkylation sites (tertiary alicyclic amines) is 1. The van der Waals surface area contributed by atoms with Gasteiger partial charge in [-0.1, -0.05) is 0 Å². The first-order chi connectivity index (χ1) is 8.66. The Morgan fingerprint density at radius 2 is 2.17 bits per heavy atom. The molecule has 0 aromatic heterocycles. The van der Waals surface area contributed by atoms with Gasteiger partial charge in [0, 0.05) is 25.6 Å². The van der Waals surface area contributed by atoms with E-state index in [1.165, 1.54) is 6.07 Å². The molecule has 0 saturated carbocycles. The second-order valence-corrected chi connectivity index (χ2v) is 4.26. The van der Waals surface area contributed by atoms with Crippen molar-refractivity contribution in [3.05, 3.63) is 29.8 Å². The summed E-state index contributed by atoms with van der Waals surface area (Å²) in [6.45, 7) is 1.73. The molecule has 1 saturated heterocycles. The predicted molar refractivity (Wildman–Crippen MR) is 62.3 cm³/mol. The fraction of sp³-hybridized carbons (Fsp3) is 0.462. The summed E-state index contributed by atoms with van der Waals surface area (Å²) < 4.78 is 31.1. The number of amides is 1. The van der Waals surface area contributed by atoms with Crippen molar-refractivity contribution in [1.82, 2.24) is 4.90 Å². The van der Waals surface area contributed by atoms with Gasteiger partial charge in [-0.05, 0) is 25.0 Å². The quantitative estimate of drug-likeness (QED) is 0.756. The SMILES string of the molecule is O=C1CCCN1CCCOc1ccc(F)cc1F. The van der Waals surface area contributed by atoms with Crippen LogP contribution in [-0.4, -0.2) is 30.5 Å². The van der Waals surface area contributed by atoms with E-state index in [1.807, 2.05) is 0 Å². The zero-order valence-corrected chi connectivity index (χ0v) is 9.99. The van der Waals surface area contributed by atoms with Gasteiger partial charge in [-0.3, -0.25) is 4.79 Å². The molecule has 1 heterocycles. The monoisotopic (exact) mass is 255 g/mol. The van der Waals surface area contributed by atoms with Crippen LogP contribution in [0.3, 0.4) is 0 Å². The van der Waals surface area contributed by atoms with Gasteiger partial charge in [-0.15, -0.1) is 0 Å². The number of benzene rings is 1. The average Bonchev–Trinajstić information content (AvgIpc) is 2.73. The molecule has 1 amide bonds. The normalized spacial score (nSPS) is 15.2. The Morgan fingerprint density at radius 3 is 2.83 bits per heavy atom. The van der Waals surface area contributed by atoms with Crippen molar-refractivity contribution in [2.24, 2.45) is 0 Å². The molecule has 1 aromatic rings. The van der Waals surface area contributed by atoms with E-state index in [9.17, 15) is 13.6 Å². The van der Waals surface area contributed by atoms with E-state index in [0.717, 1.165) is 25.1 Å². The summed E-state index contributed by atoms with van der Waals surface area (Å²) in [5.74, 6) is -1.11. The molecule has 98 valence electrons. The fourth-order valence-corrected chi connectivity index (χ4v) is 1.97. The van der Waals surface area contributed by atoms with Crippen molar-refractivity contribution < 1.29 is 18.3 Å². The van der Waals surface area contributed by atoms with Gasteiger partial charge in [-0.25, -0.2) is 8.78 Å². The van der Waals surface area contributed by atoms with Gasteiger partial charge in [0.2, 0.25) is 5.91 Å². The third-order valence-corrected chi connectivity index (χ3v) is 2.90. The minimum Gasteiger partial charge on any atom is -0.490 e. The standard InChI is InChI=1S/C13H15F2NO2/c14-10-4-5-12(11(15)9-10)18-8-2-7-16-6-1-3-13(16)17/h4-5,9H,1-3,6-8H2. The van der Waals surface area contributed by atoms with Crippen LogP contribution in [0, 0.1) is 11.6 Å². The number of hydrogen-bond donors (Lipinski definition) is 0. The molecular formula is C13H15F2NO2. The highest BCUT2D eigenvalue weighted by atomic mass is 19.1. The van der Waals surface area contributed by atoms with E-state index in [1.54, 1.807) is 4.90 Å². The maximum atomic E-state index is 13.2. The van der Waals surface area contributed by atoms with Crippen molar-refractivity contribution in [2.75, 3.05) is 19.7 Å². The maximum Gasteiger partial charge on any atom is 0.222 e. The van der Waals surface area contributed by atoms with E-state index in [4.69, 9.17) is 4.74 Å². The molecule has 3 nitrogen and oxygen atoms in total. The molecule has 0 N–H and O–H groups in total. The van der Waals surface area contributed by atoms with Gasteiger partial charge >= 0.3 is 0 Å². The molecule has 0 radical (unpaired) electrons. The topological polar surface area (TPSA) is 29.5 Å². The Bertz CT molecular complexity index is 437. The van der Waals surface area contributed by atoms with Crippen LogP contribution in [0.4, 0.5) is 8.78 Å². The van der Waals surface area contributed by atoms with Crippen LogP contribution in [-0.2, 0) is 4.79 Å². The van der Waals surface area contributed by atoms with Gasteiger partial charge < -0.3 is 9.64 Å². The van der Waals surface area contributed by atoms with Crippen LogP contribution in [0.5, 0.6) is 5.75 Å². The van der Waals surface area contributed by atoms with E-state index < -0.39 is 11.6 Å². The zero-order chi connectivity index (χ0) is 13.0. The van der Waals surface area contributed by atoms with Crippen LogP contribution < -0.4 is 4.74 Å². The molecule has 0 aliphatic carbocycles. The lowest BCUT2D eigenvalue weighted by Crippen LogP contribution is -2.26. The number of ether oxygens (including phenoxy) is 1. The van der Waals surface area contributed by atoms with Crippen LogP contribution in [0.2, 0.25) is 0 Å². The molecule has 1 aliphatic rings. The van der Waals surface area contributed by atoms with E-state index in [2.05, 4.69) is 0 Å². The number of rotatable bonds is 5. The molecule has 0 unspecified atom stereocenters. The number of carbonyl (C=O) groups excluding carboxylic acids is 1. The lowest BCUT2D eigenvalue weighted by Gasteiger charge is -2.15. The average molecular weight is 255 g/mol. The molecule has 0 bridgehead atoms. The minimum atomic E-state index is -0.702. The maximum absolute atomic E-state index is 13.2. The van der Waals surface area contributed by atoms with Crippen LogP contribution in [0.25, 0.3) is 0 Å². The lowest BCUT2D eigenvalue weighted by atomic mass is 10.3. The third-order valence-electron chi connectivity index (χ3n) is 2.90. The zero-order valence-electron chi connectivity index (χ0n) is 9.99. The van der Waals surface area contributed by atoms with Crippen LogP contribution in [0.15, 0.2) is 18.2 Å². The van der Waals surface area contributed by atoms with E-state index >= 15 is 0 Å². The van der Waals surface area contributed by atoms with Gasteiger partial charge in [-0.2, -0.15) is 0 Å². The van der Waals surface area contributed by atoms with Crippen molar-refractivity contribution in [3.8, 4) is 5.75 Å². The lowest BCUT2D eigenvalue weighted by molar-refractivity contribution is -0.127. The summed E-state index contributed by atoms with van der Waals surface area (Å²) in [5, 5.41) is 0. The first kappa shape index (κ1) is 12.8. The van der Waals surface area contributed by atoms with Gasteiger partial charge in [0.1, 0.15) is 5.82 Å². The van der Waals surface area contributed by atoms with Gasteiger partial charge in [0.05, 0.1) is 6.61 Å². The largest absolute Gasteiger partial charge is 0.490 e. The highest BCUT2D eigenvalue weighted by Crippen LogP contribution is 2.18. The van der Waals surface area contributed by atoms with E-state index in [-0.39, 0.29) is 11.7 Å². The van der Waals surface area contributed by atoms with Crippen LogP contribution in [0.1, 0.15) is 19.3 Å². The van der Waals surface area contributed by atoms with Crippen molar-refractivity contribution in [3.63, 3.8) is 0 Å². The molecule has 2 rings (SSSR count). The smallest absolute Gasteiger partial charge is 0.222 e. The molecule has 0 spiro atoms. The minimum absolute atomic E-state index is 0.0455. The van der Waals surface area contributed by atoms with Crippen molar-refractivity contribution >= 4 is 5.91 Å². The first-order valence-electron chi connectivity index (χ1n) is 6.02. The molecule has 1 fully saturated rings. The van der Waals surface area contributed by atoms with Crippen LogP contribution >= 0.6 is 0 Å². The summed E-state index contributed by atoms with van der Waals surface area (Å²) in [6.07, 6.45) is 2.17. The predicted octanol–water partition coefficient (Wildman–Crippen LogP) is 2.36. The number of nitrogens with zero attached hydrogens (tertiary/aromatic N) is 1. The molecule has 0 atom stereocenters. The summed E-state index contributed by atoms with van der Waals surface area (Å²) in [6, 6.07) is 3.22. The highest BCUT2D eigenvalue weighted by Gasteiger charge is 2.19. The van der Waals surface area contributed by atoms with E-state index in [0.29, 0.717) is 26.0 Å². The fourth-order valence-electron chi connectivity index (χ4n) is 1.97. The molecule has 1 aliphatic heterocycles. The second-order valence-electron chi connectivity index (χ2n) is 4.26. The summed E-state index contributed by atoms with van der Waals surface area (Å²) in [4.78, 5) is 13.1. The summed E-state index contributed by atoms with van der Waals surface area (Å²) in [7, 11) is 0. The van der Waals surface area contributed by atoms with Gasteiger partial charge in [0.15, 0.2) is 11.6 Å². The Hall–Kier alpha value is -1.65. The Labute approximate surface area is 104 Å². The van der Waals surface area contributed by atoms with Crippen molar-refractivity contribution in [1.29, 1.82) is 0 Å². The number of halogens is 2. The number of hydrogen-bond acceptors (Lipinski definition) is 2. The second kappa shape index (κ2) is 5.80. The Morgan fingerprint density at radius 1 is 1.33 bits per heavy atom. The van der Waals surface area contributed by atoms with Gasteiger partial charge in [0.25, 0.3) is 0 Å². The van der Waals surface area contributed by atoms with Crippen molar-refractivity contribution in [2.45, 2.75) is 19.3 Å². The molecule has 18 heavy (non-hydrogen) atoms. The molecule has 5 heteroatoms. The summed E-state index contributed by atoms with van der Waals surface area (Å²) in [5.41, 5.74) is 0. The Balaban J connectivity index is 1.73. The molecular weight excluding hydrogens is 240 g/mol. The summed E-state index contributed by atoms with van der Waals surface area (Å²) >= 11 is 0.